The van der Waals surface area contributed by atoms with Crippen LogP contribution in [0.2, 0.25) is 0 Å². The number of nitrogens with zero attached hydrogens (tertiary/aromatic N) is 1. The molecule has 1 aliphatic carbocycles. The Labute approximate surface area is 139 Å². The zero-order valence-electron chi connectivity index (χ0n) is 12.6. The van der Waals surface area contributed by atoms with Crippen molar-refractivity contribution < 1.29 is 0 Å². The molecule has 108 valence electrons. The molecular formula is C20H16BrN. The van der Waals surface area contributed by atoms with Gasteiger partial charge in [-0.3, -0.25) is 4.98 Å². The van der Waals surface area contributed by atoms with E-state index in [0.29, 0.717) is 0 Å². The summed E-state index contributed by atoms with van der Waals surface area (Å²) in [7, 11) is 0. The van der Waals surface area contributed by atoms with Gasteiger partial charge in [-0.1, -0.05) is 54.0 Å². The molecule has 22 heavy (non-hydrogen) atoms. The van der Waals surface area contributed by atoms with Crippen molar-refractivity contribution in [1.29, 1.82) is 0 Å². The quantitative estimate of drug-likeness (QED) is 0.539. The Morgan fingerprint density at radius 2 is 1.59 bits per heavy atom. The van der Waals surface area contributed by atoms with Gasteiger partial charge in [-0.05, 0) is 57.6 Å². The summed E-state index contributed by atoms with van der Waals surface area (Å²) in [6.07, 6.45) is 3.74. The first-order valence-corrected chi connectivity index (χ1v) is 8.22. The Hall–Kier alpha value is -1.93. The molecule has 0 saturated carbocycles. The lowest BCUT2D eigenvalue weighted by molar-refractivity contribution is 0.660. The van der Waals surface area contributed by atoms with Crippen molar-refractivity contribution in [3.8, 4) is 22.3 Å². The molecule has 1 aliphatic rings. The SMILES string of the molecule is CC1(C)c2cc(Br)ccc2-c2ccc(-c3cccnc3)cc21. The van der Waals surface area contributed by atoms with Crippen LogP contribution in [-0.2, 0) is 5.41 Å². The van der Waals surface area contributed by atoms with Gasteiger partial charge in [0.15, 0.2) is 0 Å². The Kier molecular flexibility index (Phi) is 2.98. The van der Waals surface area contributed by atoms with Gasteiger partial charge in [0.25, 0.3) is 0 Å². The predicted molar refractivity (Wildman–Crippen MR) is 94.9 cm³/mol. The van der Waals surface area contributed by atoms with E-state index in [4.69, 9.17) is 0 Å². The third-order valence-electron chi connectivity index (χ3n) is 4.63. The van der Waals surface area contributed by atoms with Gasteiger partial charge in [0, 0.05) is 22.3 Å². The second kappa shape index (κ2) is 4.79. The van der Waals surface area contributed by atoms with Crippen molar-refractivity contribution in [3.05, 3.63) is 76.5 Å². The van der Waals surface area contributed by atoms with E-state index in [1.807, 2.05) is 18.5 Å². The third-order valence-corrected chi connectivity index (χ3v) is 5.13. The van der Waals surface area contributed by atoms with E-state index in [2.05, 4.69) is 77.2 Å². The van der Waals surface area contributed by atoms with Gasteiger partial charge in [0.1, 0.15) is 0 Å². The first kappa shape index (κ1) is 13.7. The summed E-state index contributed by atoms with van der Waals surface area (Å²) in [5.41, 5.74) is 7.89. The van der Waals surface area contributed by atoms with Crippen molar-refractivity contribution in [3.63, 3.8) is 0 Å². The van der Waals surface area contributed by atoms with Gasteiger partial charge in [-0.25, -0.2) is 0 Å². The molecule has 3 aromatic rings. The first-order chi connectivity index (χ1) is 10.6. The van der Waals surface area contributed by atoms with Crippen LogP contribution in [-0.4, -0.2) is 4.98 Å². The predicted octanol–water partition coefficient (Wildman–Crippen LogP) is 5.82. The lowest BCUT2D eigenvalue weighted by Crippen LogP contribution is -2.15. The van der Waals surface area contributed by atoms with Gasteiger partial charge in [-0.15, -0.1) is 0 Å². The standard InChI is InChI=1S/C20H16BrN/c1-20(2)18-10-13(14-4-3-9-22-12-14)5-7-16(18)17-8-6-15(21)11-19(17)20/h3-12H,1-2H3. The lowest BCUT2D eigenvalue weighted by atomic mass is 9.81. The Bertz CT molecular complexity index is 866. The largest absolute Gasteiger partial charge is 0.264 e. The number of hydrogen-bond donors (Lipinski definition) is 0. The normalized spacial score (nSPS) is 14.5. The highest BCUT2D eigenvalue weighted by Crippen LogP contribution is 2.50. The van der Waals surface area contributed by atoms with Crippen LogP contribution in [0.1, 0.15) is 25.0 Å². The number of pyridine rings is 1. The molecule has 0 bridgehead atoms. The summed E-state index contributed by atoms with van der Waals surface area (Å²) in [5, 5.41) is 0. The Morgan fingerprint density at radius 3 is 2.32 bits per heavy atom. The molecule has 2 heteroatoms. The van der Waals surface area contributed by atoms with Crippen LogP contribution in [0.25, 0.3) is 22.3 Å². The van der Waals surface area contributed by atoms with Gasteiger partial charge in [-0.2, -0.15) is 0 Å². The van der Waals surface area contributed by atoms with E-state index < -0.39 is 0 Å². The summed E-state index contributed by atoms with van der Waals surface area (Å²) in [6.45, 7) is 4.61. The summed E-state index contributed by atoms with van der Waals surface area (Å²) < 4.78 is 1.14. The van der Waals surface area contributed by atoms with Crippen LogP contribution in [0, 0.1) is 0 Å². The maximum Gasteiger partial charge on any atom is 0.0346 e. The fraction of sp³-hybridized carbons (Fsp3) is 0.150. The Balaban J connectivity index is 1.93. The summed E-state index contributed by atoms with van der Waals surface area (Å²) in [4.78, 5) is 4.24. The molecule has 1 aromatic heterocycles. The van der Waals surface area contributed by atoms with Crippen LogP contribution in [0.15, 0.2) is 65.4 Å². The molecule has 2 aromatic carbocycles. The smallest absolute Gasteiger partial charge is 0.0346 e. The molecule has 0 unspecified atom stereocenters. The topological polar surface area (TPSA) is 12.9 Å². The minimum absolute atomic E-state index is 0.0205. The van der Waals surface area contributed by atoms with Crippen LogP contribution in [0.5, 0.6) is 0 Å². The fourth-order valence-corrected chi connectivity index (χ4v) is 3.78. The number of fused-ring (bicyclic) bond motifs is 3. The van der Waals surface area contributed by atoms with Crippen LogP contribution >= 0.6 is 15.9 Å². The highest BCUT2D eigenvalue weighted by atomic mass is 79.9. The molecule has 1 nitrogen and oxygen atoms in total. The van der Waals surface area contributed by atoms with Gasteiger partial charge < -0.3 is 0 Å². The molecule has 0 saturated heterocycles. The van der Waals surface area contributed by atoms with Crippen molar-refractivity contribution in [1.82, 2.24) is 4.98 Å². The molecule has 0 atom stereocenters. The van der Waals surface area contributed by atoms with E-state index in [1.165, 1.54) is 33.4 Å². The monoisotopic (exact) mass is 349 g/mol. The minimum Gasteiger partial charge on any atom is -0.264 e. The maximum atomic E-state index is 4.24. The third kappa shape index (κ3) is 1.94. The zero-order valence-corrected chi connectivity index (χ0v) is 14.2. The average molecular weight is 350 g/mol. The Morgan fingerprint density at radius 1 is 0.864 bits per heavy atom. The number of benzene rings is 2. The van der Waals surface area contributed by atoms with E-state index in [0.717, 1.165) is 4.47 Å². The summed E-state index contributed by atoms with van der Waals surface area (Å²) in [6, 6.07) is 17.5. The maximum absolute atomic E-state index is 4.24. The van der Waals surface area contributed by atoms with Crippen molar-refractivity contribution >= 4 is 15.9 Å². The van der Waals surface area contributed by atoms with E-state index in [1.54, 1.807) is 0 Å². The van der Waals surface area contributed by atoms with Crippen molar-refractivity contribution in [2.75, 3.05) is 0 Å². The molecule has 0 amide bonds. The molecule has 0 N–H and O–H groups in total. The van der Waals surface area contributed by atoms with Crippen LogP contribution in [0.3, 0.4) is 0 Å². The van der Waals surface area contributed by atoms with Gasteiger partial charge >= 0.3 is 0 Å². The zero-order chi connectivity index (χ0) is 15.3. The van der Waals surface area contributed by atoms with Gasteiger partial charge in [0.05, 0.1) is 0 Å². The molecule has 0 fully saturated rings. The van der Waals surface area contributed by atoms with E-state index in [-0.39, 0.29) is 5.41 Å². The number of rotatable bonds is 1. The molecule has 4 rings (SSSR count). The highest BCUT2D eigenvalue weighted by molar-refractivity contribution is 9.10. The van der Waals surface area contributed by atoms with Crippen molar-refractivity contribution in [2.45, 2.75) is 19.3 Å². The molecule has 1 heterocycles. The first-order valence-electron chi connectivity index (χ1n) is 7.43. The minimum atomic E-state index is 0.0205. The second-order valence-corrected chi connectivity index (χ2v) is 7.23. The molecule has 0 radical (unpaired) electrons. The summed E-state index contributed by atoms with van der Waals surface area (Å²) in [5.74, 6) is 0. The van der Waals surface area contributed by atoms with E-state index >= 15 is 0 Å². The van der Waals surface area contributed by atoms with E-state index in [9.17, 15) is 0 Å². The molecular weight excluding hydrogens is 334 g/mol. The van der Waals surface area contributed by atoms with Gasteiger partial charge in [0.2, 0.25) is 0 Å². The number of aromatic nitrogens is 1. The van der Waals surface area contributed by atoms with Crippen LogP contribution in [0.4, 0.5) is 0 Å². The average Bonchev–Trinajstić information content (AvgIpc) is 2.76. The summed E-state index contributed by atoms with van der Waals surface area (Å²) >= 11 is 3.60. The number of halogens is 1. The molecule has 0 aliphatic heterocycles. The van der Waals surface area contributed by atoms with Crippen LogP contribution < -0.4 is 0 Å². The fourth-order valence-electron chi connectivity index (χ4n) is 3.42. The lowest BCUT2D eigenvalue weighted by Gasteiger charge is -2.22. The highest BCUT2D eigenvalue weighted by Gasteiger charge is 2.35. The van der Waals surface area contributed by atoms with Crippen molar-refractivity contribution in [2.24, 2.45) is 0 Å². The second-order valence-electron chi connectivity index (χ2n) is 6.32. The number of hydrogen-bond acceptors (Lipinski definition) is 1. The molecule has 0 spiro atoms.